The van der Waals surface area contributed by atoms with Crippen molar-refractivity contribution < 1.29 is 0 Å². The summed E-state index contributed by atoms with van der Waals surface area (Å²) in [5, 5.41) is 10.4. The normalized spacial score (nSPS) is 22.8. The van der Waals surface area contributed by atoms with Crippen LogP contribution in [0.4, 0.5) is 5.82 Å². The lowest BCUT2D eigenvalue weighted by molar-refractivity contribution is 0.342. The molecule has 2 aliphatic carbocycles. The molecule has 0 radical (unpaired) electrons. The molecule has 2 unspecified atom stereocenters. The van der Waals surface area contributed by atoms with Gasteiger partial charge >= 0.3 is 0 Å². The molecule has 5 heterocycles. The van der Waals surface area contributed by atoms with E-state index in [0.29, 0.717) is 34.6 Å². The molecule has 2 atom stereocenters. The Kier molecular flexibility index (Phi) is 5.17. The highest BCUT2D eigenvalue weighted by Gasteiger charge is 2.39. The molecule has 1 aliphatic heterocycles. The second-order valence-corrected chi connectivity index (χ2v) is 11.4. The fourth-order valence-electron chi connectivity index (χ4n) is 6.56. The molecule has 3 fully saturated rings. The molecular weight excluding hydrogens is 494 g/mol. The van der Waals surface area contributed by atoms with E-state index in [2.05, 4.69) is 31.7 Å². The summed E-state index contributed by atoms with van der Waals surface area (Å²) in [6, 6.07) is 12.4. The Hall–Kier alpha value is -3.55. The van der Waals surface area contributed by atoms with Gasteiger partial charge in [-0.05, 0) is 80.3 Å². The lowest BCUT2D eigenvalue weighted by Crippen LogP contribution is -2.45. The molecule has 5 aromatic rings. The predicted molar refractivity (Wildman–Crippen MR) is 151 cm³/mol. The van der Waals surface area contributed by atoms with E-state index in [0.717, 1.165) is 57.7 Å². The van der Waals surface area contributed by atoms with Crippen LogP contribution in [0.1, 0.15) is 37.2 Å². The maximum absolute atomic E-state index is 6.51. The summed E-state index contributed by atoms with van der Waals surface area (Å²) in [7, 11) is 0. The van der Waals surface area contributed by atoms with E-state index in [1.165, 1.54) is 31.2 Å². The average Bonchev–Trinajstić information content (AvgIpc) is 3.66. The highest BCUT2D eigenvalue weighted by Crippen LogP contribution is 2.45. The Morgan fingerprint density at radius 2 is 1.76 bits per heavy atom. The first-order chi connectivity index (χ1) is 18.7. The number of fused-ring (bicyclic) bond motifs is 4. The van der Waals surface area contributed by atoms with E-state index in [-0.39, 0.29) is 0 Å². The van der Waals surface area contributed by atoms with E-state index in [4.69, 9.17) is 21.6 Å². The van der Waals surface area contributed by atoms with Crippen molar-refractivity contribution >= 4 is 39.4 Å². The first-order valence-corrected chi connectivity index (χ1v) is 14.0. The number of nitrogens with one attached hydrogen (secondary N) is 3. The molecule has 0 amide bonds. The Morgan fingerprint density at radius 1 is 0.921 bits per heavy atom. The van der Waals surface area contributed by atoms with Crippen LogP contribution in [0, 0.1) is 11.8 Å². The number of pyridine rings is 2. The van der Waals surface area contributed by atoms with Crippen LogP contribution in [0.25, 0.3) is 44.6 Å². The molecule has 2 bridgehead atoms. The van der Waals surface area contributed by atoms with E-state index < -0.39 is 0 Å². The summed E-state index contributed by atoms with van der Waals surface area (Å²) in [6.07, 6.45) is 10.7. The molecule has 0 spiro atoms. The summed E-state index contributed by atoms with van der Waals surface area (Å²) >= 11 is 6.51. The minimum Gasteiger partial charge on any atom is -0.366 e. The SMILES string of the molecule is Clc1ccccc1-c1cc2c(-c3nc(NC4C5CCC4CNC5)c4c(C5CC5)cncc4n3)ccnc2[nH]1. The minimum absolute atomic E-state index is 0.430. The number of halogens is 1. The topological polar surface area (TPSA) is 91.4 Å². The molecule has 38 heavy (non-hydrogen) atoms. The second-order valence-electron chi connectivity index (χ2n) is 11.0. The molecule has 1 saturated heterocycles. The number of hydrogen-bond donors (Lipinski definition) is 3. The maximum Gasteiger partial charge on any atom is 0.163 e. The van der Waals surface area contributed by atoms with Crippen LogP contribution < -0.4 is 10.6 Å². The number of piperidine rings is 1. The zero-order chi connectivity index (χ0) is 25.2. The quantitative estimate of drug-likeness (QED) is 0.256. The van der Waals surface area contributed by atoms with Crippen molar-refractivity contribution in [3.8, 4) is 22.6 Å². The lowest BCUT2D eigenvalue weighted by atomic mass is 9.93. The van der Waals surface area contributed by atoms with Gasteiger partial charge in [0.1, 0.15) is 11.5 Å². The van der Waals surface area contributed by atoms with Crippen LogP contribution in [0.15, 0.2) is 55.0 Å². The highest BCUT2D eigenvalue weighted by molar-refractivity contribution is 6.33. The maximum atomic E-state index is 6.51. The number of hydrogen-bond acceptors (Lipinski definition) is 6. The van der Waals surface area contributed by atoms with E-state index in [9.17, 15) is 0 Å². The number of rotatable bonds is 5. The fourth-order valence-corrected chi connectivity index (χ4v) is 6.80. The molecule has 190 valence electrons. The van der Waals surface area contributed by atoms with Gasteiger partial charge in [0, 0.05) is 51.1 Å². The summed E-state index contributed by atoms with van der Waals surface area (Å²) in [4.78, 5) is 23.0. The average molecular weight is 522 g/mol. The van der Waals surface area contributed by atoms with Crippen molar-refractivity contribution in [1.82, 2.24) is 30.2 Å². The van der Waals surface area contributed by atoms with Crippen molar-refractivity contribution in [3.63, 3.8) is 0 Å². The third kappa shape index (κ3) is 3.68. The standard InChI is InChI=1S/C30H28ClN7/c31-23-4-2-1-3-20(23)24-11-21-19(9-10-34-28(21)35-24)29-36-25-15-33-14-22(16-5-6-16)26(25)30(38-29)37-27-17-7-8-18(27)13-32-12-17/h1-4,9-11,14-18,27,32H,5-8,12-13H2,(H,34,35)(H,36,37,38). The van der Waals surface area contributed by atoms with Crippen LogP contribution >= 0.6 is 11.6 Å². The van der Waals surface area contributed by atoms with Crippen molar-refractivity contribution in [2.75, 3.05) is 18.4 Å². The van der Waals surface area contributed by atoms with Gasteiger partial charge in [0.05, 0.1) is 11.7 Å². The number of aromatic nitrogens is 5. The first kappa shape index (κ1) is 22.4. The fraction of sp³-hybridized carbons (Fsp3) is 0.333. The van der Waals surface area contributed by atoms with Gasteiger partial charge in [-0.2, -0.15) is 0 Å². The Labute approximate surface area is 225 Å². The van der Waals surface area contributed by atoms with Crippen LogP contribution in [0.2, 0.25) is 5.02 Å². The van der Waals surface area contributed by atoms with Gasteiger partial charge in [-0.3, -0.25) is 4.98 Å². The van der Waals surface area contributed by atoms with E-state index in [1.54, 1.807) is 0 Å². The lowest BCUT2D eigenvalue weighted by Gasteiger charge is -2.32. The van der Waals surface area contributed by atoms with Gasteiger partial charge in [-0.25, -0.2) is 15.0 Å². The van der Waals surface area contributed by atoms with Crippen LogP contribution in [-0.4, -0.2) is 44.1 Å². The van der Waals surface area contributed by atoms with Gasteiger partial charge < -0.3 is 15.6 Å². The molecule has 4 aromatic heterocycles. The first-order valence-electron chi connectivity index (χ1n) is 13.6. The zero-order valence-electron chi connectivity index (χ0n) is 20.9. The summed E-state index contributed by atoms with van der Waals surface area (Å²) in [5.74, 6) is 3.45. The number of anilines is 1. The van der Waals surface area contributed by atoms with Gasteiger partial charge in [0.15, 0.2) is 5.82 Å². The van der Waals surface area contributed by atoms with Crippen molar-refractivity contribution in [2.45, 2.75) is 37.6 Å². The van der Waals surface area contributed by atoms with E-state index >= 15 is 0 Å². The van der Waals surface area contributed by atoms with Crippen molar-refractivity contribution in [1.29, 1.82) is 0 Å². The number of nitrogens with zero attached hydrogens (tertiary/aromatic N) is 4. The highest BCUT2D eigenvalue weighted by atomic mass is 35.5. The molecule has 1 aromatic carbocycles. The largest absolute Gasteiger partial charge is 0.366 e. The van der Waals surface area contributed by atoms with Gasteiger partial charge in [0.2, 0.25) is 0 Å². The summed E-state index contributed by atoms with van der Waals surface area (Å²) in [6.45, 7) is 2.14. The third-order valence-corrected chi connectivity index (χ3v) is 8.96. The Bertz CT molecular complexity index is 1680. The zero-order valence-corrected chi connectivity index (χ0v) is 21.7. The van der Waals surface area contributed by atoms with Gasteiger partial charge in [-0.15, -0.1) is 0 Å². The minimum atomic E-state index is 0.430. The smallest absolute Gasteiger partial charge is 0.163 e. The number of H-pyrrole nitrogens is 1. The monoisotopic (exact) mass is 521 g/mol. The molecule has 7 nitrogen and oxygen atoms in total. The van der Waals surface area contributed by atoms with Gasteiger partial charge in [0.25, 0.3) is 0 Å². The van der Waals surface area contributed by atoms with Crippen molar-refractivity contribution in [3.05, 3.63) is 65.6 Å². The molecule has 8 rings (SSSR count). The number of benzene rings is 1. The van der Waals surface area contributed by atoms with Crippen LogP contribution in [0.3, 0.4) is 0 Å². The number of aromatic amines is 1. The predicted octanol–water partition coefficient (Wildman–Crippen LogP) is 6.18. The molecule has 3 aliphatic rings. The third-order valence-electron chi connectivity index (χ3n) is 8.63. The van der Waals surface area contributed by atoms with Crippen LogP contribution in [-0.2, 0) is 0 Å². The summed E-state index contributed by atoms with van der Waals surface area (Å²) < 4.78 is 0. The Balaban J connectivity index is 1.29. The molecule has 3 N–H and O–H groups in total. The van der Waals surface area contributed by atoms with Gasteiger partial charge in [-0.1, -0.05) is 29.8 Å². The van der Waals surface area contributed by atoms with Crippen LogP contribution in [0.5, 0.6) is 0 Å². The second kappa shape index (κ2) is 8.75. The molecule has 2 saturated carbocycles. The van der Waals surface area contributed by atoms with Crippen molar-refractivity contribution in [2.24, 2.45) is 11.8 Å². The summed E-state index contributed by atoms with van der Waals surface area (Å²) in [5.41, 5.74) is 5.78. The van der Waals surface area contributed by atoms with E-state index in [1.807, 2.05) is 48.9 Å². The Morgan fingerprint density at radius 3 is 2.58 bits per heavy atom. The molecular formula is C30H28ClN7. The molecule has 8 heteroatoms.